The molecule has 24 heteroatoms. The van der Waals surface area contributed by atoms with Crippen LogP contribution in [0.2, 0.25) is 0 Å². The third-order valence-corrected chi connectivity index (χ3v) is 11.6. The van der Waals surface area contributed by atoms with Crippen LogP contribution in [0.5, 0.6) is 0 Å². The molecule has 0 aliphatic carbocycles. The zero-order valence-corrected chi connectivity index (χ0v) is 28.7. The molecule has 4 N–H and O–H groups in total. The first-order valence-electron chi connectivity index (χ1n) is 15.0. The minimum atomic E-state index is -4.30. The van der Waals surface area contributed by atoms with Crippen LogP contribution < -0.4 is 10.6 Å². The van der Waals surface area contributed by atoms with E-state index in [0.717, 1.165) is 0 Å². The highest BCUT2D eigenvalue weighted by Crippen LogP contribution is 2.60. The number of aliphatic hydroxyl groups is 2. The number of thiol groups is 2. The molecule has 4 aromatic rings. The van der Waals surface area contributed by atoms with Crippen LogP contribution in [0.3, 0.4) is 0 Å². The zero-order chi connectivity index (χ0) is 33.9. The van der Waals surface area contributed by atoms with Crippen molar-refractivity contribution in [2.45, 2.75) is 55.5 Å². The van der Waals surface area contributed by atoms with E-state index in [0.29, 0.717) is 53.5 Å². The lowest BCUT2D eigenvalue weighted by Crippen LogP contribution is -2.37. The maximum Gasteiger partial charge on any atom is 0.386 e. The molecule has 0 amide bonds. The minimum absolute atomic E-state index is 0.306. The van der Waals surface area contributed by atoms with Crippen molar-refractivity contribution in [1.29, 1.82) is 0 Å². The van der Waals surface area contributed by atoms with Gasteiger partial charge in [0.05, 0.1) is 25.9 Å². The van der Waals surface area contributed by atoms with Crippen molar-refractivity contribution >= 4 is 72.1 Å². The Kier molecular flexibility index (Phi) is 8.95. The van der Waals surface area contributed by atoms with Gasteiger partial charge in [0, 0.05) is 13.1 Å². The molecule has 0 aromatic carbocycles. The monoisotopic (exact) mass is 756 g/mol. The number of fused-ring (bicyclic) bond motifs is 11. The molecule has 14 bridgehead atoms. The summed E-state index contributed by atoms with van der Waals surface area (Å²) in [6, 6.07) is 0. The molecule has 5 unspecified atom stereocenters. The van der Waals surface area contributed by atoms with Gasteiger partial charge in [-0.2, -0.15) is 0 Å². The van der Waals surface area contributed by atoms with Gasteiger partial charge in [0.15, 0.2) is 46.4 Å². The molecule has 9 heterocycles. The summed E-state index contributed by atoms with van der Waals surface area (Å²) in [5, 5.41) is 29.2. The van der Waals surface area contributed by atoms with E-state index < -0.39 is 75.9 Å². The molecule has 5 aliphatic rings. The minimum Gasteiger partial charge on any atom is -0.387 e. The van der Waals surface area contributed by atoms with E-state index in [2.05, 4.69) is 65.0 Å². The molecular weight excluding hydrogens is 726 g/mol. The molecule has 9 rings (SSSR count). The van der Waals surface area contributed by atoms with Crippen LogP contribution in [0, 0.1) is 0 Å². The second kappa shape index (κ2) is 13.1. The highest BCUT2D eigenvalue weighted by molar-refractivity contribution is 8.44. The molecule has 0 saturated carbocycles. The van der Waals surface area contributed by atoms with Crippen molar-refractivity contribution in [3.8, 4) is 0 Å². The summed E-state index contributed by atoms with van der Waals surface area (Å²) >= 11 is 8.33. The third-order valence-electron chi connectivity index (χ3n) is 8.36. The van der Waals surface area contributed by atoms with Crippen LogP contribution in [0.4, 0.5) is 11.6 Å². The number of aliphatic hydroxyl groups excluding tert-OH is 2. The van der Waals surface area contributed by atoms with E-state index in [-0.39, 0.29) is 0 Å². The number of ether oxygens (including phenoxy) is 2. The fourth-order valence-electron chi connectivity index (χ4n) is 6.06. The first-order chi connectivity index (χ1) is 23.6. The highest BCUT2D eigenvalue weighted by atomic mass is 32.7. The summed E-state index contributed by atoms with van der Waals surface area (Å²) in [6.45, 7) is -8.71. The molecule has 3 fully saturated rings. The van der Waals surface area contributed by atoms with E-state index in [1.807, 2.05) is 12.2 Å². The quantitative estimate of drug-likeness (QED) is 0.0852. The van der Waals surface area contributed by atoms with E-state index in [1.165, 1.54) is 34.4 Å². The Balaban J connectivity index is 1.23. The standard InChI is InChI=1S/C25H30N10O10P2S2/c36-16-12-6-40-47(39,49)45-19-17(37)13-7-41-46(38,48)44-18(16)24(42-12)34-10-32-14-20(28-8-30-22(14)34)26-4-2-1-3-5-27-21-15-23(31-9-29-21)35(11-33-15)25(19)43-13/h1-2,8-13,16-19,24-25,36-37H,3-7H2,(H,38,48)(H,39,49)(H,26,28,30)(H,27,29,31)/b2-1+/t12?,13?,16-,17-,18-,19-,24?,25?,46?,47+/m1/s1. The first-order valence-corrected chi connectivity index (χ1v) is 20.4. The van der Waals surface area contributed by atoms with E-state index in [4.69, 9.17) is 27.6 Å². The summed E-state index contributed by atoms with van der Waals surface area (Å²) in [7, 11) is 0. The normalized spacial score (nSPS) is 37.7. The van der Waals surface area contributed by atoms with Gasteiger partial charge in [0.1, 0.15) is 49.3 Å². The topological polar surface area (TPSA) is 241 Å². The summed E-state index contributed by atoms with van der Waals surface area (Å²) in [6.07, 6.45) is -0.527. The van der Waals surface area contributed by atoms with Gasteiger partial charge in [-0.15, -0.1) is 0 Å². The average Bonchev–Trinajstić information content (AvgIpc) is 3.83. The van der Waals surface area contributed by atoms with Crippen LogP contribution in [0.25, 0.3) is 22.3 Å². The SMILES string of the molecule is O=P1(S)OCC2OC3[C@H](O[P@@](=O)(S)OCC4OC([C@H](O1)[C@@H]4O)n1cnc4c(ncnc41)NC/C=C/CCNc1ncnc4c1ncn43)[C@@H]2O. The largest absolute Gasteiger partial charge is 0.387 e. The lowest BCUT2D eigenvalue weighted by Gasteiger charge is -2.26. The Morgan fingerprint density at radius 2 is 1.24 bits per heavy atom. The van der Waals surface area contributed by atoms with Crippen molar-refractivity contribution in [3.63, 3.8) is 0 Å². The number of nitrogens with one attached hydrogen (secondary N) is 2. The smallest absolute Gasteiger partial charge is 0.386 e. The Labute approximate surface area is 287 Å². The Morgan fingerprint density at radius 1 is 0.735 bits per heavy atom. The lowest BCUT2D eigenvalue weighted by molar-refractivity contribution is -0.0584. The van der Waals surface area contributed by atoms with E-state index in [9.17, 15) is 19.3 Å². The van der Waals surface area contributed by atoms with Gasteiger partial charge in [-0.3, -0.25) is 27.2 Å². The maximum absolute atomic E-state index is 13.7. The van der Waals surface area contributed by atoms with E-state index >= 15 is 0 Å². The highest BCUT2D eigenvalue weighted by Gasteiger charge is 2.53. The third kappa shape index (κ3) is 6.38. The number of rotatable bonds is 0. The number of nitrogens with zero attached hydrogens (tertiary/aromatic N) is 8. The number of anilines is 2. The Hall–Kier alpha value is -2.72. The van der Waals surface area contributed by atoms with Gasteiger partial charge in [-0.1, -0.05) is 36.6 Å². The van der Waals surface area contributed by atoms with Crippen molar-refractivity contribution in [2.75, 3.05) is 36.9 Å². The lowest BCUT2D eigenvalue weighted by atomic mass is 10.1. The van der Waals surface area contributed by atoms with Gasteiger partial charge in [-0.05, 0) is 6.42 Å². The Bertz CT molecular complexity index is 2000. The van der Waals surface area contributed by atoms with E-state index in [1.54, 1.807) is 0 Å². The molecule has 0 spiro atoms. The van der Waals surface area contributed by atoms with Crippen LogP contribution in [0.1, 0.15) is 18.9 Å². The number of hydrogen-bond donors (Lipinski definition) is 6. The molecule has 49 heavy (non-hydrogen) atoms. The molecule has 262 valence electrons. The molecule has 10 atom stereocenters. The molecule has 3 saturated heterocycles. The molecule has 0 radical (unpaired) electrons. The first kappa shape index (κ1) is 33.4. The predicted octanol–water partition coefficient (Wildman–Crippen LogP) is 1.86. The second-order valence-electron chi connectivity index (χ2n) is 11.4. The second-order valence-corrected chi connectivity index (χ2v) is 17.2. The molecule has 5 aliphatic heterocycles. The van der Waals surface area contributed by atoms with Crippen LogP contribution in [-0.2, 0) is 36.7 Å². The summed E-state index contributed by atoms with van der Waals surface area (Å²) in [5.74, 6) is 0.874. The van der Waals surface area contributed by atoms with Crippen molar-refractivity contribution in [3.05, 3.63) is 37.5 Å². The molecular formula is C25H30N10O10P2S2. The van der Waals surface area contributed by atoms with Crippen LogP contribution >= 0.6 is 38.1 Å². The molecule has 20 nitrogen and oxygen atoms in total. The fraction of sp³-hybridized carbons (Fsp3) is 0.520. The van der Waals surface area contributed by atoms with Gasteiger partial charge in [0.25, 0.3) is 0 Å². The summed E-state index contributed by atoms with van der Waals surface area (Å²) in [5.41, 5.74) is 1.40. The van der Waals surface area contributed by atoms with Gasteiger partial charge in [0.2, 0.25) is 0 Å². The number of imidazole rings is 2. The van der Waals surface area contributed by atoms with Crippen molar-refractivity contribution in [1.82, 2.24) is 39.0 Å². The van der Waals surface area contributed by atoms with Crippen molar-refractivity contribution < 1.29 is 46.9 Å². The average molecular weight is 757 g/mol. The zero-order valence-electron chi connectivity index (χ0n) is 25.1. The van der Waals surface area contributed by atoms with Gasteiger partial charge < -0.3 is 30.3 Å². The maximum atomic E-state index is 13.7. The van der Waals surface area contributed by atoms with Gasteiger partial charge >= 0.3 is 13.6 Å². The predicted molar refractivity (Wildman–Crippen MR) is 176 cm³/mol. The number of hydrogen-bond acceptors (Lipinski definition) is 18. The Morgan fingerprint density at radius 3 is 1.78 bits per heavy atom. The van der Waals surface area contributed by atoms with Gasteiger partial charge in [-0.25, -0.2) is 39.0 Å². The van der Waals surface area contributed by atoms with Crippen molar-refractivity contribution in [2.24, 2.45) is 0 Å². The fourth-order valence-corrected chi connectivity index (χ4v) is 8.97. The van der Waals surface area contributed by atoms with Crippen LogP contribution in [0.15, 0.2) is 37.5 Å². The van der Waals surface area contributed by atoms with Crippen LogP contribution in [-0.4, -0.2) is 112 Å². The summed E-state index contributed by atoms with van der Waals surface area (Å²) < 4.78 is 65.4. The number of aromatic nitrogens is 8. The summed E-state index contributed by atoms with van der Waals surface area (Å²) in [4.78, 5) is 26.3. The molecule has 4 aromatic heterocycles.